The molecule has 0 saturated carbocycles. The molecule has 0 saturated heterocycles. The summed E-state index contributed by atoms with van der Waals surface area (Å²) in [5, 5.41) is 67.5. The first-order valence-corrected chi connectivity index (χ1v) is 34.7. The topological polar surface area (TPSA) is 462 Å². The Hall–Kier alpha value is -7.72. The lowest BCUT2D eigenvalue weighted by molar-refractivity contribution is 0.317. The second kappa shape index (κ2) is 29.5. The maximum atomic E-state index is 12.1. The van der Waals surface area contributed by atoms with E-state index in [-0.39, 0.29) is 110 Å². The third-order valence-electron chi connectivity index (χ3n) is 12.2. The van der Waals surface area contributed by atoms with E-state index in [0.29, 0.717) is 48.6 Å². The fraction of sp³-hybridized carbons (Fsp3) is 0.275. The smallest absolute Gasteiger partial charge is 0.425 e. The Kier molecular flexibility index (Phi) is 23.3. The van der Waals surface area contributed by atoms with Crippen LogP contribution in [0, 0.1) is 57.3 Å². The summed E-state index contributed by atoms with van der Waals surface area (Å²) < 4.78 is 164. The van der Waals surface area contributed by atoms with Crippen LogP contribution in [0.1, 0.15) is 58.2 Å². The van der Waals surface area contributed by atoms with Crippen molar-refractivity contribution >= 4 is 148 Å². The van der Waals surface area contributed by atoms with Gasteiger partial charge in [-0.25, -0.2) is 4.98 Å². The first-order valence-electron chi connectivity index (χ1n) is 25.0. The number of aromatic hydroxyl groups is 1. The molecule has 0 radical (unpaired) electrons. The van der Waals surface area contributed by atoms with Crippen LogP contribution in [0.4, 0.5) is 45.5 Å². The zero-order valence-corrected chi connectivity index (χ0v) is 52.9. The Labute approximate surface area is 518 Å². The number of fused-ring (bicyclic) bond motifs is 3. The molecule has 7 aromatic rings. The van der Waals surface area contributed by atoms with Gasteiger partial charge in [-0.05, 0) is 148 Å². The van der Waals surface area contributed by atoms with Gasteiger partial charge >= 0.3 is 10.6 Å². The molecule has 0 aliphatic heterocycles. The van der Waals surface area contributed by atoms with Gasteiger partial charge in [0.05, 0.1) is 73.8 Å². The zero-order chi connectivity index (χ0) is 65.1. The Bertz CT molecular complexity index is 4720. The van der Waals surface area contributed by atoms with Gasteiger partial charge in [-0.2, -0.15) is 59.5 Å². The molecule has 0 aliphatic carbocycles. The molecule has 464 valence electrons. The molecule has 5 aromatic carbocycles. The lowest BCUT2D eigenvalue weighted by atomic mass is 10.1. The summed E-state index contributed by atoms with van der Waals surface area (Å²) in [7, 11) is -20.7. The molecule has 37 heteroatoms. The van der Waals surface area contributed by atoms with Gasteiger partial charge in [-0.3, -0.25) is 22.6 Å². The van der Waals surface area contributed by atoms with Crippen LogP contribution in [0.25, 0.3) is 16.7 Å². The third-order valence-corrected chi connectivity index (χ3v) is 18.1. The van der Waals surface area contributed by atoms with Crippen LogP contribution in [0.3, 0.4) is 0 Å². The first-order chi connectivity index (χ1) is 41.2. The highest BCUT2D eigenvalue weighted by Gasteiger charge is 2.25. The average molecular weight is 1360 g/mol. The van der Waals surface area contributed by atoms with Crippen LogP contribution in [0.5, 0.6) is 11.6 Å². The highest BCUT2D eigenvalue weighted by Crippen LogP contribution is 2.44. The number of nitriles is 2. The Balaban J connectivity index is 0.00000299. The molecule has 88 heavy (non-hydrogen) atoms. The Morgan fingerprint density at radius 2 is 1.06 bits per heavy atom. The van der Waals surface area contributed by atoms with Crippen molar-refractivity contribution in [3.05, 3.63) is 111 Å². The van der Waals surface area contributed by atoms with E-state index in [4.69, 9.17) is 29.0 Å². The number of aryl methyl sites for hydroxylation is 4. The van der Waals surface area contributed by atoms with Gasteiger partial charge in [0.25, 0.3) is 40.5 Å². The number of aromatic nitrogens is 2. The van der Waals surface area contributed by atoms with E-state index in [9.17, 15) is 67.5 Å². The van der Waals surface area contributed by atoms with Crippen molar-refractivity contribution in [3.63, 3.8) is 0 Å². The molecular weight excluding hydrogens is 1310 g/mol. The van der Waals surface area contributed by atoms with E-state index in [1.165, 1.54) is 66.0 Å². The number of halogens is 1. The molecule has 0 fully saturated rings. The first kappa shape index (κ1) is 69.4. The van der Waals surface area contributed by atoms with Crippen molar-refractivity contribution in [3.8, 4) is 23.8 Å². The largest absolute Gasteiger partial charge is 0.493 e. The monoisotopic (exact) mass is 1360 g/mol. The van der Waals surface area contributed by atoms with Crippen LogP contribution < -0.4 is 4.74 Å². The lowest BCUT2D eigenvalue weighted by Gasteiger charge is -2.12. The number of pyridine rings is 1. The van der Waals surface area contributed by atoms with Crippen LogP contribution in [-0.2, 0) is 51.1 Å². The molecule has 0 aliphatic rings. The fourth-order valence-electron chi connectivity index (χ4n) is 8.01. The summed E-state index contributed by atoms with van der Waals surface area (Å²) in [4.78, 5) is 4.97. The number of thioether (sulfide) groups is 2. The van der Waals surface area contributed by atoms with Crippen molar-refractivity contribution < 1.29 is 74.4 Å². The highest BCUT2D eigenvalue weighted by molar-refractivity contribution is 7.99. The number of hydrogen-bond acceptors (Lipinski definition) is 26. The van der Waals surface area contributed by atoms with Crippen molar-refractivity contribution in [2.45, 2.75) is 68.6 Å². The number of imidazole rings is 1. The molecule has 0 unspecified atom stereocenters. The van der Waals surface area contributed by atoms with Crippen LogP contribution in [0.2, 0.25) is 5.02 Å². The van der Waals surface area contributed by atoms with Gasteiger partial charge in [-0.15, -0.1) is 61.7 Å². The summed E-state index contributed by atoms with van der Waals surface area (Å²) in [6, 6.07) is 20.6. The minimum Gasteiger partial charge on any atom is -0.493 e. The quantitative estimate of drug-likeness (QED) is 0.0162. The summed E-state index contributed by atoms with van der Waals surface area (Å²) in [6.07, 6.45) is -0.0448. The maximum Gasteiger partial charge on any atom is 0.425 e. The minimum atomic E-state index is -4.67. The van der Waals surface area contributed by atoms with Crippen LogP contribution >= 0.6 is 35.1 Å². The molecular formula is C51H49ClN12O17S7. The Morgan fingerprint density at radius 1 is 0.591 bits per heavy atom. The number of ether oxygens (including phenoxy) is 1. The van der Waals surface area contributed by atoms with E-state index in [2.05, 4.69) is 45.9 Å². The number of nitrogens with zero attached hydrogens (tertiary/aromatic N) is 12. The van der Waals surface area contributed by atoms with Crippen LogP contribution in [0.15, 0.2) is 122 Å². The van der Waals surface area contributed by atoms with Gasteiger partial charge in [0.15, 0.2) is 11.3 Å². The van der Waals surface area contributed by atoms with Crippen LogP contribution in [-0.4, -0.2) is 114 Å². The second-order valence-electron chi connectivity index (χ2n) is 18.6. The predicted octanol–water partition coefficient (Wildman–Crippen LogP) is 12.4. The van der Waals surface area contributed by atoms with E-state index in [0.717, 1.165) is 6.07 Å². The van der Waals surface area contributed by atoms with E-state index in [1.807, 2.05) is 12.1 Å². The molecule has 2 heterocycles. The predicted molar refractivity (Wildman–Crippen MR) is 325 cm³/mol. The summed E-state index contributed by atoms with van der Waals surface area (Å²) in [5.41, 5.74) is 3.81. The summed E-state index contributed by atoms with van der Waals surface area (Å²) in [6.45, 7) is 7.74. The second-order valence-corrected chi connectivity index (χ2v) is 27.9. The van der Waals surface area contributed by atoms with E-state index in [1.54, 1.807) is 57.2 Å². The average Bonchev–Trinajstić information content (AvgIpc) is 1.57. The SMILES string of the molecule is Cc1cc(N=Nc2cc(SCCCS(=O)(=O)O)c(N=Nc3cc(OCCCS(=O)(=O)O)c(N=Nc4c(C)c(C#N)c5nc6c(C)c(S(=O)(=O)O)ccc6n5c4O)cc3C)cc2C)c(SCCCS(=O)(=O)O)cc1N=Nc1ccc(Cl)cc1C#N.O=S(=O)=O. The molecule has 7 rings (SSSR count). The number of hydrogen-bond donors (Lipinski definition) is 5. The molecule has 0 bridgehead atoms. The standard InChI is InChI=1S/C51H49ClN12O14S6.O3S/c1-28-19-40(60-63-49-31(4)35(27-54)50-55-48-32(5)47(84(75,76)77)12-11-43(48)64(50)51(49)65)44(78-13-6-16-81(66,67)68)23-37(28)57-61-41-21-30(3)39(25-46(41)80-15-8-18-83(72,73)74)59-62-42-20-29(2)38(24-45(42)79-14-7-17-82(69,70)71)58-56-36-10-9-34(52)22-33(36)26-53;1-4(2)3/h9-12,19-25,65H,6-8,13-18H2,1-5H3,(H,66,67,68)(H,69,70,71)(H,72,73,74)(H,75,76,77);. The summed E-state index contributed by atoms with van der Waals surface area (Å²) in [5.74, 6) is -1.80. The van der Waals surface area contributed by atoms with Crippen molar-refractivity contribution in [2.24, 2.45) is 40.9 Å². The number of azo groups is 4. The van der Waals surface area contributed by atoms with Gasteiger partial charge in [-0.1, -0.05) is 11.6 Å². The molecule has 0 amide bonds. The molecule has 2 aromatic heterocycles. The molecule has 29 nitrogen and oxygen atoms in total. The minimum absolute atomic E-state index is 0.0162. The van der Waals surface area contributed by atoms with Crippen molar-refractivity contribution in [1.82, 2.24) is 9.38 Å². The number of rotatable bonds is 24. The van der Waals surface area contributed by atoms with Gasteiger partial charge in [0.2, 0.25) is 5.88 Å². The number of benzene rings is 5. The third kappa shape index (κ3) is 19.1. The molecule has 0 atom stereocenters. The van der Waals surface area contributed by atoms with Gasteiger partial charge in [0, 0.05) is 26.4 Å². The van der Waals surface area contributed by atoms with E-state index < -0.39 is 79.1 Å². The normalized spacial score (nSPS) is 12.4. The lowest BCUT2D eigenvalue weighted by Crippen LogP contribution is -2.08. The Morgan fingerprint density at radius 3 is 1.55 bits per heavy atom. The van der Waals surface area contributed by atoms with Crippen molar-refractivity contribution in [2.75, 3.05) is 35.4 Å². The van der Waals surface area contributed by atoms with E-state index >= 15 is 0 Å². The molecule has 5 N–H and O–H groups in total. The van der Waals surface area contributed by atoms with Crippen molar-refractivity contribution in [1.29, 1.82) is 10.5 Å². The summed E-state index contributed by atoms with van der Waals surface area (Å²) >= 11 is 8.46. The fourth-order valence-corrected chi connectivity index (χ4v) is 12.7. The highest BCUT2D eigenvalue weighted by atomic mass is 35.5. The van der Waals surface area contributed by atoms with Gasteiger partial charge < -0.3 is 9.84 Å². The molecule has 0 spiro atoms. The van der Waals surface area contributed by atoms with Gasteiger partial charge in [0.1, 0.15) is 34.8 Å². The zero-order valence-electron chi connectivity index (χ0n) is 46.5. The maximum absolute atomic E-state index is 12.1.